The van der Waals surface area contributed by atoms with Crippen molar-refractivity contribution < 1.29 is 31.9 Å². The van der Waals surface area contributed by atoms with E-state index in [0.29, 0.717) is 34.7 Å². The number of halogens is 1. The Morgan fingerprint density at radius 3 is 2.69 bits per heavy atom. The molecular weight excluding hydrogens is 658 g/mol. The normalized spacial score (nSPS) is 28.7. The number of rotatable bonds is 7. The number of nitrogens with one attached hydrogen (secondary N) is 3. The molecule has 1 aromatic heterocycles. The molecule has 3 aromatic rings. The van der Waals surface area contributed by atoms with Crippen LogP contribution in [0.4, 0.5) is 10.1 Å². The van der Waals surface area contributed by atoms with Gasteiger partial charge in [0.1, 0.15) is 29.5 Å². The van der Waals surface area contributed by atoms with Gasteiger partial charge in [-0.3, -0.25) is 19.1 Å². The third-order valence-electron chi connectivity index (χ3n) is 9.56. The van der Waals surface area contributed by atoms with Crippen molar-refractivity contribution in [3.05, 3.63) is 66.5 Å². The Balaban J connectivity index is 1.18. The van der Waals surface area contributed by atoms with E-state index in [2.05, 4.69) is 20.3 Å². The highest BCUT2D eigenvalue weighted by atomic mass is 32.2. The number of sulfonamides is 1. The number of nitrogens with zero attached hydrogens (tertiary/aromatic N) is 2. The molecule has 3 fully saturated rings. The summed E-state index contributed by atoms with van der Waals surface area (Å²) < 4.78 is 48.4. The number of carbonyl (C=O) groups is 3. The van der Waals surface area contributed by atoms with Crippen molar-refractivity contribution >= 4 is 55.0 Å². The highest BCUT2D eigenvalue weighted by molar-refractivity contribution is 7.91. The number of amides is 3. The van der Waals surface area contributed by atoms with Crippen LogP contribution < -0.4 is 20.1 Å². The zero-order chi connectivity index (χ0) is 33.5. The second-order valence-corrected chi connectivity index (χ2v) is 16.1. The Kier molecular flexibility index (Phi) is 8.88. The average Bonchev–Trinajstić information content (AvgIpc) is 3.95. The second-order valence-electron chi connectivity index (χ2n) is 13.1. The molecule has 3 N–H and O–H groups in total. The molecule has 254 valence electrons. The minimum Gasteiger partial charge on any atom is -0.465 e. The second kappa shape index (κ2) is 13.1. The maximum atomic E-state index is 14.4. The maximum Gasteiger partial charge on any atom is 0.274 e. The third kappa shape index (κ3) is 6.91. The van der Waals surface area contributed by atoms with Gasteiger partial charge >= 0.3 is 0 Å². The summed E-state index contributed by atoms with van der Waals surface area (Å²) in [5, 5.41) is 5.96. The van der Waals surface area contributed by atoms with Crippen molar-refractivity contribution in [2.45, 2.75) is 86.8 Å². The van der Waals surface area contributed by atoms with Crippen molar-refractivity contribution in [2.75, 3.05) is 11.9 Å². The van der Waals surface area contributed by atoms with Crippen LogP contribution in [0.1, 0.15) is 57.8 Å². The summed E-state index contributed by atoms with van der Waals surface area (Å²) in [7, 11) is -3.85. The summed E-state index contributed by atoms with van der Waals surface area (Å²) in [5.41, 5.74) is -0.0887. The predicted octanol–water partition coefficient (Wildman–Crippen LogP) is 4.27. The summed E-state index contributed by atoms with van der Waals surface area (Å²) in [4.78, 5) is 48.1. The number of aromatic nitrogens is 1. The number of hydrogen-bond acceptors (Lipinski definition) is 9. The molecule has 7 rings (SSSR count). The van der Waals surface area contributed by atoms with Crippen molar-refractivity contribution in [1.82, 2.24) is 19.9 Å². The zero-order valence-electron chi connectivity index (χ0n) is 26.3. The molecule has 0 bridgehead atoms. The van der Waals surface area contributed by atoms with E-state index in [9.17, 15) is 27.2 Å². The number of thiazole rings is 1. The molecule has 3 heterocycles. The summed E-state index contributed by atoms with van der Waals surface area (Å²) in [5.74, 6) is -2.35. The number of ether oxygens (including phenoxy) is 1. The van der Waals surface area contributed by atoms with Gasteiger partial charge in [-0.1, -0.05) is 54.5 Å². The van der Waals surface area contributed by atoms with E-state index in [0.717, 1.165) is 31.4 Å². The SMILES string of the molecule is O=C1N[C@]2(C(=O)NS(=O)(=O)C3CC3)C[C@@H]2/C=C\CCCCC[C@H](Nc2ccccc2)C(=O)N2C[C@H](Oc3nc4ccc(F)cc4s3)C[C@@H]12. The lowest BCUT2D eigenvalue weighted by molar-refractivity contribution is -0.140. The molecule has 14 heteroatoms. The molecule has 2 aromatic carbocycles. The predicted molar refractivity (Wildman–Crippen MR) is 179 cm³/mol. The molecule has 4 aliphatic rings. The number of hydrogen-bond donors (Lipinski definition) is 3. The van der Waals surface area contributed by atoms with Crippen LogP contribution in [0, 0.1) is 11.7 Å². The Hall–Kier alpha value is -4.04. The first-order chi connectivity index (χ1) is 23.1. The number of carbonyl (C=O) groups excluding carboxylic acids is 3. The molecule has 11 nitrogen and oxygen atoms in total. The lowest BCUT2D eigenvalue weighted by Crippen LogP contribution is -2.57. The number of allylic oxidation sites excluding steroid dienone is 1. The molecule has 5 atom stereocenters. The van der Waals surface area contributed by atoms with Gasteiger partial charge in [0.2, 0.25) is 21.8 Å². The van der Waals surface area contributed by atoms with E-state index in [1.54, 1.807) is 6.07 Å². The van der Waals surface area contributed by atoms with Crippen LogP contribution in [0.25, 0.3) is 10.2 Å². The fourth-order valence-electron chi connectivity index (χ4n) is 6.65. The monoisotopic (exact) mass is 695 g/mol. The molecule has 2 saturated carbocycles. The third-order valence-corrected chi connectivity index (χ3v) is 12.3. The highest BCUT2D eigenvalue weighted by Crippen LogP contribution is 2.46. The van der Waals surface area contributed by atoms with E-state index in [1.165, 1.54) is 28.4 Å². The summed E-state index contributed by atoms with van der Waals surface area (Å²) in [6, 6.07) is 12.1. The van der Waals surface area contributed by atoms with Crippen molar-refractivity contribution in [3.63, 3.8) is 0 Å². The minimum absolute atomic E-state index is 0.0900. The molecule has 0 radical (unpaired) electrons. The van der Waals surface area contributed by atoms with Crippen LogP contribution in [0.15, 0.2) is 60.7 Å². The molecule has 3 amide bonds. The van der Waals surface area contributed by atoms with Gasteiger partial charge in [0.15, 0.2) is 0 Å². The van der Waals surface area contributed by atoms with E-state index >= 15 is 0 Å². The molecular formula is C34H38FN5O6S2. The van der Waals surface area contributed by atoms with Crippen LogP contribution in [0.3, 0.4) is 0 Å². The smallest absolute Gasteiger partial charge is 0.274 e. The van der Waals surface area contributed by atoms with Crippen LogP contribution in [-0.2, 0) is 24.4 Å². The Morgan fingerprint density at radius 2 is 1.90 bits per heavy atom. The molecule has 1 saturated heterocycles. The lowest BCUT2D eigenvalue weighted by atomic mass is 10.0. The number of fused-ring (bicyclic) bond motifs is 3. The fraction of sp³-hybridized carbons (Fsp3) is 0.471. The Morgan fingerprint density at radius 1 is 1.08 bits per heavy atom. The average molecular weight is 696 g/mol. The van der Waals surface area contributed by atoms with E-state index in [1.807, 2.05) is 42.5 Å². The standard InChI is InChI=1S/C34H38FN5O6S2/c35-22-13-16-26-29(17-22)47-33(37-26)46-24-18-28-30(41)38-34(32(43)39-48(44,45)25-14-15-25)19-21(34)9-5-2-1-3-8-12-27(31(42)40(28)20-24)36-23-10-6-4-7-11-23/h4-7,9-11,13,16-17,21,24-25,27-28,36H,1-3,8,12,14-15,18-20H2,(H,38,41)(H,39,43)/b9-5-/t21-,24+,27-,28-,34+/m0/s1. The first-order valence-electron chi connectivity index (χ1n) is 16.5. The van der Waals surface area contributed by atoms with Crippen LogP contribution in [0.2, 0.25) is 0 Å². The quantitative estimate of drug-likeness (QED) is 0.311. The van der Waals surface area contributed by atoms with Crippen LogP contribution in [0.5, 0.6) is 5.19 Å². The topological polar surface area (TPSA) is 147 Å². The highest BCUT2D eigenvalue weighted by Gasteiger charge is 2.62. The van der Waals surface area contributed by atoms with Gasteiger partial charge in [-0.25, -0.2) is 17.8 Å². The largest absolute Gasteiger partial charge is 0.465 e. The first kappa shape index (κ1) is 32.5. The maximum absolute atomic E-state index is 14.4. The fourth-order valence-corrected chi connectivity index (χ4v) is 8.92. The summed E-state index contributed by atoms with van der Waals surface area (Å²) >= 11 is 1.18. The van der Waals surface area contributed by atoms with Gasteiger partial charge in [0, 0.05) is 18.0 Å². The lowest BCUT2D eigenvalue weighted by Gasteiger charge is -2.30. The van der Waals surface area contributed by atoms with Crippen LogP contribution >= 0.6 is 11.3 Å². The summed E-state index contributed by atoms with van der Waals surface area (Å²) in [6.07, 6.45) is 8.49. The number of benzene rings is 2. The van der Waals surface area contributed by atoms with Gasteiger partial charge in [0.25, 0.3) is 11.1 Å². The molecule has 48 heavy (non-hydrogen) atoms. The number of para-hydroxylation sites is 1. The minimum atomic E-state index is -3.85. The number of anilines is 1. The van der Waals surface area contributed by atoms with Gasteiger partial charge in [-0.05, 0) is 68.9 Å². The Bertz CT molecular complexity index is 1850. The summed E-state index contributed by atoms with van der Waals surface area (Å²) in [6.45, 7) is 0.0900. The molecule has 2 aliphatic heterocycles. The zero-order valence-corrected chi connectivity index (χ0v) is 27.9. The van der Waals surface area contributed by atoms with Gasteiger partial charge < -0.3 is 20.3 Å². The van der Waals surface area contributed by atoms with Crippen LogP contribution in [-0.4, -0.2) is 71.5 Å². The van der Waals surface area contributed by atoms with E-state index in [4.69, 9.17) is 4.74 Å². The van der Waals surface area contributed by atoms with Gasteiger partial charge in [-0.15, -0.1) is 0 Å². The first-order valence-corrected chi connectivity index (χ1v) is 18.9. The Labute approximate surface area is 282 Å². The molecule has 0 spiro atoms. The van der Waals surface area contributed by atoms with Crippen molar-refractivity contribution in [3.8, 4) is 5.19 Å². The van der Waals surface area contributed by atoms with Gasteiger partial charge in [-0.2, -0.15) is 0 Å². The van der Waals surface area contributed by atoms with E-state index < -0.39 is 50.8 Å². The van der Waals surface area contributed by atoms with Crippen molar-refractivity contribution in [2.24, 2.45) is 5.92 Å². The molecule has 2 aliphatic carbocycles. The van der Waals surface area contributed by atoms with Crippen molar-refractivity contribution in [1.29, 1.82) is 0 Å². The van der Waals surface area contributed by atoms with E-state index in [-0.39, 0.29) is 37.0 Å². The van der Waals surface area contributed by atoms with Gasteiger partial charge in [0.05, 0.1) is 22.0 Å². The molecule has 0 unspecified atom stereocenters.